The van der Waals surface area contributed by atoms with Gasteiger partial charge in [-0.1, -0.05) is 56.8 Å². The van der Waals surface area contributed by atoms with Crippen molar-refractivity contribution >= 4 is 11.9 Å². The highest BCUT2D eigenvalue weighted by molar-refractivity contribution is 5.69. The van der Waals surface area contributed by atoms with Crippen molar-refractivity contribution in [2.75, 3.05) is 13.2 Å². The molecule has 0 bridgehead atoms. The van der Waals surface area contributed by atoms with Crippen LogP contribution in [0.3, 0.4) is 0 Å². The molecule has 0 heterocycles. The third-order valence-electron chi connectivity index (χ3n) is 4.36. The topological polar surface area (TPSA) is 52.6 Å². The highest BCUT2D eigenvalue weighted by atomic mass is 16.5. The molecule has 0 aliphatic rings. The molecular weight excluding hydrogens is 352 g/mol. The molecule has 0 aromatic carbocycles. The number of unbranched alkanes of at least 4 members (excludes halogenated alkanes) is 5. The van der Waals surface area contributed by atoms with E-state index in [0.29, 0.717) is 32.0 Å². The number of esters is 2. The molecule has 0 fully saturated rings. The third-order valence-corrected chi connectivity index (χ3v) is 4.36. The lowest BCUT2D eigenvalue weighted by molar-refractivity contribution is -0.145. The van der Waals surface area contributed by atoms with E-state index in [0.717, 1.165) is 51.4 Å². The Balaban J connectivity index is 3.52. The average Bonchev–Trinajstić information content (AvgIpc) is 2.61. The molecule has 4 nitrogen and oxygen atoms in total. The minimum atomic E-state index is -0.110. The highest BCUT2D eigenvalue weighted by Crippen LogP contribution is 2.10. The van der Waals surface area contributed by atoms with Crippen LogP contribution in [0.1, 0.15) is 98.8 Å². The van der Waals surface area contributed by atoms with Crippen LogP contribution in [-0.2, 0) is 19.1 Å². The Morgan fingerprint density at radius 1 is 0.750 bits per heavy atom. The summed E-state index contributed by atoms with van der Waals surface area (Å²) in [5.41, 5.74) is 2.60. The van der Waals surface area contributed by atoms with Crippen molar-refractivity contribution in [2.45, 2.75) is 98.8 Å². The smallest absolute Gasteiger partial charge is 0.306 e. The van der Waals surface area contributed by atoms with Crippen LogP contribution in [0.15, 0.2) is 23.3 Å². The van der Waals surface area contributed by atoms with Crippen LogP contribution >= 0.6 is 0 Å². The lowest BCUT2D eigenvalue weighted by atomic mass is 10.1. The summed E-state index contributed by atoms with van der Waals surface area (Å²) in [5, 5.41) is 0. The van der Waals surface area contributed by atoms with Crippen LogP contribution in [0.2, 0.25) is 0 Å². The van der Waals surface area contributed by atoms with E-state index in [4.69, 9.17) is 9.47 Å². The zero-order chi connectivity index (χ0) is 21.2. The Morgan fingerprint density at radius 3 is 1.82 bits per heavy atom. The van der Waals surface area contributed by atoms with Crippen molar-refractivity contribution in [3.63, 3.8) is 0 Å². The van der Waals surface area contributed by atoms with Gasteiger partial charge in [0, 0.05) is 12.8 Å². The summed E-state index contributed by atoms with van der Waals surface area (Å²) in [4.78, 5) is 23.2. The molecule has 0 saturated heterocycles. The van der Waals surface area contributed by atoms with Crippen molar-refractivity contribution in [3.05, 3.63) is 23.3 Å². The van der Waals surface area contributed by atoms with Crippen LogP contribution in [0.25, 0.3) is 0 Å². The van der Waals surface area contributed by atoms with E-state index in [1.807, 2.05) is 19.9 Å². The van der Waals surface area contributed by atoms with Gasteiger partial charge in [-0.3, -0.25) is 9.59 Å². The van der Waals surface area contributed by atoms with E-state index in [2.05, 4.69) is 26.8 Å². The van der Waals surface area contributed by atoms with Crippen LogP contribution in [0.5, 0.6) is 0 Å². The minimum Gasteiger partial charge on any atom is -0.465 e. The Labute approximate surface area is 172 Å². The van der Waals surface area contributed by atoms with Crippen molar-refractivity contribution in [3.8, 4) is 0 Å². The Kier molecular flexibility index (Phi) is 16.5. The fourth-order valence-electron chi connectivity index (χ4n) is 2.62. The minimum absolute atomic E-state index is 0.0855. The molecule has 0 aliphatic heterocycles. The Hall–Kier alpha value is -1.58. The van der Waals surface area contributed by atoms with Crippen LogP contribution in [-0.4, -0.2) is 25.2 Å². The SMILES string of the molecule is CC(C)=CCC/C(C)=C/COC(=O)CCCCCCCCC(=O)OCC(C)C. The van der Waals surface area contributed by atoms with Crippen LogP contribution in [0, 0.1) is 5.92 Å². The van der Waals surface area contributed by atoms with Gasteiger partial charge in [0.15, 0.2) is 0 Å². The van der Waals surface area contributed by atoms with E-state index < -0.39 is 0 Å². The maximum Gasteiger partial charge on any atom is 0.306 e. The predicted molar refractivity (Wildman–Crippen MR) is 116 cm³/mol. The maximum absolute atomic E-state index is 11.7. The molecular formula is C24H42O4. The van der Waals surface area contributed by atoms with Gasteiger partial charge in [0.1, 0.15) is 6.61 Å². The molecule has 0 amide bonds. The Morgan fingerprint density at radius 2 is 1.29 bits per heavy atom. The predicted octanol–water partition coefficient (Wildman–Crippen LogP) is 6.54. The molecule has 28 heavy (non-hydrogen) atoms. The summed E-state index contributed by atoms with van der Waals surface area (Å²) in [6.07, 6.45) is 13.3. The van der Waals surface area contributed by atoms with Crippen molar-refractivity contribution in [1.82, 2.24) is 0 Å². The molecule has 4 heteroatoms. The van der Waals surface area contributed by atoms with Gasteiger partial charge in [0.25, 0.3) is 0 Å². The molecule has 0 unspecified atom stereocenters. The second-order valence-corrected chi connectivity index (χ2v) is 8.25. The molecule has 0 rings (SSSR count). The van der Waals surface area contributed by atoms with Gasteiger partial charge in [0.2, 0.25) is 0 Å². The summed E-state index contributed by atoms with van der Waals surface area (Å²) in [6, 6.07) is 0. The molecule has 162 valence electrons. The van der Waals surface area contributed by atoms with E-state index in [9.17, 15) is 9.59 Å². The zero-order valence-electron chi connectivity index (χ0n) is 18.9. The number of allylic oxidation sites excluding steroid dienone is 3. The molecule has 0 N–H and O–H groups in total. The number of ether oxygens (including phenoxy) is 2. The van der Waals surface area contributed by atoms with Gasteiger partial charge in [-0.25, -0.2) is 0 Å². The summed E-state index contributed by atoms with van der Waals surface area (Å²) < 4.78 is 10.4. The van der Waals surface area contributed by atoms with Gasteiger partial charge >= 0.3 is 11.9 Å². The van der Waals surface area contributed by atoms with Crippen molar-refractivity contribution in [2.24, 2.45) is 5.92 Å². The molecule has 0 radical (unpaired) electrons. The first-order valence-electron chi connectivity index (χ1n) is 10.9. The van der Waals surface area contributed by atoms with Gasteiger partial charge in [-0.05, 0) is 58.4 Å². The van der Waals surface area contributed by atoms with Gasteiger partial charge in [-0.15, -0.1) is 0 Å². The van der Waals surface area contributed by atoms with Gasteiger partial charge in [-0.2, -0.15) is 0 Å². The molecule has 0 atom stereocenters. The van der Waals surface area contributed by atoms with Crippen LogP contribution in [0.4, 0.5) is 0 Å². The Bertz CT molecular complexity index is 485. The summed E-state index contributed by atoms with van der Waals surface area (Å²) >= 11 is 0. The van der Waals surface area contributed by atoms with Crippen molar-refractivity contribution < 1.29 is 19.1 Å². The van der Waals surface area contributed by atoms with Gasteiger partial charge in [0.05, 0.1) is 6.61 Å². The summed E-state index contributed by atoms with van der Waals surface area (Å²) in [6.45, 7) is 11.3. The van der Waals surface area contributed by atoms with Crippen LogP contribution < -0.4 is 0 Å². The standard InChI is InChI=1S/C24H42O4/c1-20(2)13-12-14-22(5)17-18-27-23(25)15-10-8-6-7-9-11-16-24(26)28-19-21(3)4/h13,17,21H,6-12,14-16,18-19H2,1-5H3/b22-17+. The number of carbonyl (C=O) groups is 2. The summed E-state index contributed by atoms with van der Waals surface area (Å²) in [5.74, 6) is 0.196. The van der Waals surface area contributed by atoms with E-state index in [1.165, 1.54) is 11.1 Å². The van der Waals surface area contributed by atoms with E-state index in [1.54, 1.807) is 0 Å². The fourth-order valence-corrected chi connectivity index (χ4v) is 2.62. The monoisotopic (exact) mass is 394 g/mol. The van der Waals surface area contributed by atoms with E-state index >= 15 is 0 Å². The largest absolute Gasteiger partial charge is 0.465 e. The normalized spacial score (nSPS) is 11.4. The second-order valence-electron chi connectivity index (χ2n) is 8.25. The number of carbonyl (C=O) groups excluding carboxylic acids is 2. The molecule has 0 aliphatic carbocycles. The van der Waals surface area contributed by atoms with Crippen molar-refractivity contribution in [1.29, 1.82) is 0 Å². The first-order valence-corrected chi connectivity index (χ1v) is 10.9. The lowest BCUT2D eigenvalue weighted by Crippen LogP contribution is -2.09. The maximum atomic E-state index is 11.7. The average molecular weight is 395 g/mol. The van der Waals surface area contributed by atoms with Gasteiger partial charge < -0.3 is 9.47 Å². The van der Waals surface area contributed by atoms with E-state index in [-0.39, 0.29) is 11.9 Å². The highest BCUT2D eigenvalue weighted by Gasteiger charge is 2.04. The molecule has 0 saturated carbocycles. The fraction of sp³-hybridized carbons (Fsp3) is 0.750. The number of hydrogen-bond donors (Lipinski definition) is 0. The molecule has 0 spiro atoms. The quantitative estimate of drug-likeness (QED) is 0.169. The second kappa shape index (κ2) is 17.5. The third kappa shape index (κ3) is 19.2. The lowest BCUT2D eigenvalue weighted by Gasteiger charge is -2.07. The molecule has 0 aromatic rings. The first-order chi connectivity index (χ1) is 13.3. The summed E-state index contributed by atoms with van der Waals surface area (Å²) in [7, 11) is 0. The zero-order valence-corrected chi connectivity index (χ0v) is 18.9. The molecule has 0 aromatic heterocycles. The number of rotatable bonds is 16. The first kappa shape index (κ1) is 26.4. The number of hydrogen-bond acceptors (Lipinski definition) is 4.